The Morgan fingerprint density at radius 3 is 2.89 bits per heavy atom. The summed E-state index contributed by atoms with van der Waals surface area (Å²) in [6.45, 7) is 4.50. The van der Waals surface area contributed by atoms with Crippen molar-refractivity contribution in [2.45, 2.75) is 6.42 Å². The Morgan fingerprint density at radius 2 is 2.11 bits per heavy atom. The van der Waals surface area contributed by atoms with Crippen molar-refractivity contribution in [2.24, 2.45) is 0 Å². The smallest absolute Gasteiger partial charge is 0.157 e. The summed E-state index contributed by atoms with van der Waals surface area (Å²) in [6, 6.07) is 0. The lowest BCUT2D eigenvalue weighted by Crippen LogP contribution is -2.33. The fraction of sp³-hybridized carbons (Fsp3) is 0.636. The molecule has 0 spiro atoms. The summed E-state index contributed by atoms with van der Waals surface area (Å²) in [6.07, 6.45) is 2.45. The third-order valence-electron chi connectivity index (χ3n) is 3.12. The van der Waals surface area contributed by atoms with Gasteiger partial charge in [-0.25, -0.2) is 9.97 Å². The highest BCUT2D eigenvalue weighted by Gasteiger charge is 2.18. The lowest BCUT2D eigenvalue weighted by atomic mass is 10.3. The third-order valence-corrected chi connectivity index (χ3v) is 3.42. The number of anilines is 2. The van der Waals surface area contributed by atoms with Gasteiger partial charge in [-0.15, -0.1) is 0 Å². The van der Waals surface area contributed by atoms with Crippen LogP contribution in [0.2, 0.25) is 5.15 Å². The molecule has 100 valence electrons. The van der Waals surface area contributed by atoms with Crippen LogP contribution in [0.5, 0.6) is 0 Å². The van der Waals surface area contributed by atoms with Crippen LogP contribution < -0.4 is 10.6 Å². The molecule has 18 heavy (non-hydrogen) atoms. The van der Waals surface area contributed by atoms with E-state index in [-0.39, 0.29) is 6.61 Å². The zero-order chi connectivity index (χ0) is 13.0. The van der Waals surface area contributed by atoms with E-state index in [9.17, 15) is 0 Å². The number of hydrogen-bond acceptors (Lipinski definition) is 6. The molecule has 6 nitrogen and oxygen atoms in total. The molecule has 0 saturated carbocycles. The Hall–Kier alpha value is -1.11. The molecular weight excluding hydrogens is 254 g/mol. The summed E-state index contributed by atoms with van der Waals surface area (Å²) < 4.78 is 0. The van der Waals surface area contributed by atoms with Gasteiger partial charge in [0.25, 0.3) is 0 Å². The maximum Gasteiger partial charge on any atom is 0.157 e. The van der Waals surface area contributed by atoms with Gasteiger partial charge in [0, 0.05) is 26.2 Å². The fourth-order valence-electron chi connectivity index (χ4n) is 2.17. The van der Waals surface area contributed by atoms with Gasteiger partial charge >= 0.3 is 0 Å². The molecule has 0 bridgehead atoms. The number of hydrogen-bond donors (Lipinski definition) is 2. The number of aliphatic hydroxyl groups excluding tert-OH is 1. The lowest BCUT2D eigenvalue weighted by molar-refractivity contribution is 0.204. The number of nitrogens with two attached hydrogens (primary N) is 1. The van der Waals surface area contributed by atoms with Crippen LogP contribution in [-0.4, -0.2) is 59.3 Å². The van der Waals surface area contributed by atoms with E-state index in [4.69, 9.17) is 22.4 Å². The van der Waals surface area contributed by atoms with Crippen LogP contribution in [0.15, 0.2) is 6.33 Å². The molecule has 0 aliphatic carbocycles. The second-order valence-corrected chi connectivity index (χ2v) is 4.67. The number of nitrogens with zero attached hydrogens (tertiary/aromatic N) is 4. The largest absolute Gasteiger partial charge is 0.395 e. The van der Waals surface area contributed by atoms with Crippen molar-refractivity contribution in [3.05, 3.63) is 11.5 Å². The molecule has 1 aliphatic rings. The highest BCUT2D eigenvalue weighted by Crippen LogP contribution is 2.26. The van der Waals surface area contributed by atoms with Crippen LogP contribution in [0.3, 0.4) is 0 Å². The van der Waals surface area contributed by atoms with E-state index in [0.29, 0.717) is 23.2 Å². The second-order valence-electron chi connectivity index (χ2n) is 4.31. The van der Waals surface area contributed by atoms with Gasteiger partial charge in [-0.3, -0.25) is 4.90 Å². The molecule has 0 aromatic carbocycles. The van der Waals surface area contributed by atoms with Gasteiger partial charge in [0.2, 0.25) is 0 Å². The number of rotatable bonds is 3. The van der Waals surface area contributed by atoms with E-state index < -0.39 is 0 Å². The van der Waals surface area contributed by atoms with E-state index >= 15 is 0 Å². The Balaban J connectivity index is 2.07. The highest BCUT2D eigenvalue weighted by atomic mass is 35.5. The fourth-order valence-corrected chi connectivity index (χ4v) is 2.29. The molecule has 1 aliphatic heterocycles. The van der Waals surface area contributed by atoms with E-state index in [1.807, 2.05) is 0 Å². The van der Waals surface area contributed by atoms with Gasteiger partial charge in [0.1, 0.15) is 12.0 Å². The molecule has 1 aromatic rings. The van der Waals surface area contributed by atoms with Crippen LogP contribution in [-0.2, 0) is 0 Å². The predicted octanol–water partition coefficient (Wildman–Crippen LogP) is 0.217. The second kappa shape index (κ2) is 6.17. The van der Waals surface area contributed by atoms with Crippen molar-refractivity contribution in [1.29, 1.82) is 0 Å². The molecule has 0 amide bonds. The van der Waals surface area contributed by atoms with E-state index in [2.05, 4.69) is 19.8 Å². The molecule has 1 aromatic heterocycles. The van der Waals surface area contributed by atoms with Crippen LogP contribution in [0.1, 0.15) is 6.42 Å². The standard InChI is InChI=1S/C11H18ClN5O/c12-10-9(13)11(15-8-14-10)17-3-1-2-16(4-5-17)6-7-18/h8,18H,1-7,13H2. The van der Waals surface area contributed by atoms with Crippen molar-refractivity contribution >= 4 is 23.1 Å². The first kappa shape index (κ1) is 13.3. The minimum atomic E-state index is 0.196. The summed E-state index contributed by atoms with van der Waals surface area (Å²) >= 11 is 5.91. The minimum Gasteiger partial charge on any atom is -0.395 e. The average molecular weight is 272 g/mol. The van der Waals surface area contributed by atoms with Gasteiger partial charge in [-0.05, 0) is 13.0 Å². The predicted molar refractivity (Wildman–Crippen MR) is 71.8 cm³/mol. The molecule has 0 atom stereocenters. The Morgan fingerprint density at radius 1 is 1.28 bits per heavy atom. The van der Waals surface area contributed by atoms with Crippen molar-refractivity contribution in [3.63, 3.8) is 0 Å². The van der Waals surface area contributed by atoms with E-state index in [1.54, 1.807) is 0 Å². The van der Waals surface area contributed by atoms with Crippen molar-refractivity contribution in [3.8, 4) is 0 Å². The SMILES string of the molecule is Nc1c(Cl)ncnc1N1CCCN(CCO)CC1. The number of aromatic nitrogens is 2. The van der Waals surface area contributed by atoms with Crippen molar-refractivity contribution < 1.29 is 5.11 Å². The highest BCUT2D eigenvalue weighted by molar-refractivity contribution is 6.32. The zero-order valence-corrected chi connectivity index (χ0v) is 11.0. The van der Waals surface area contributed by atoms with Crippen LogP contribution in [0.25, 0.3) is 0 Å². The van der Waals surface area contributed by atoms with Gasteiger partial charge in [0.05, 0.1) is 6.61 Å². The maximum absolute atomic E-state index is 8.96. The first-order valence-electron chi connectivity index (χ1n) is 6.06. The van der Waals surface area contributed by atoms with Crippen molar-refractivity contribution in [2.75, 3.05) is 50.0 Å². The lowest BCUT2D eigenvalue weighted by Gasteiger charge is -2.23. The van der Waals surface area contributed by atoms with Crippen LogP contribution in [0, 0.1) is 0 Å². The van der Waals surface area contributed by atoms with Gasteiger partial charge < -0.3 is 15.7 Å². The molecule has 3 N–H and O–H groups in total. The first-order valence-corrected chi connectivity index (χ1v) is 6.44. The molecule has 1 fully saturated rings. The summed E-state index contributed by atoms with van der Waals surface area (Å²) in [4.78, 5) is 12.4. The summed E-state index contributed by atoms with van der Waals surface area (Å²) in [5.41, 5.74) is 6.35. The van der Waals surface area contributed by atoms with E-state index in [1.165, 1.54) is 6.33 Å². The Labute approximate surface area is 111 Å². The quantitative estimate of drug-likeness (QED) is 0.766. The van der Waals surface area contributed by atoms with E-state index in [0.717, 1.165) is 32.6 Å². The summed E-state index contributed by atoms with van der Waals surface area (Å²) in [7, 11) is 0. The molecule has 2 rings (SSSR count). The van der Waals surface area contributed by atoms with Crippen molar-refractivity contribution in [1.82, 2.24) is 14.9 Å². The maximum atomic E-state index is 8.96. The third kappa shape index (κ3) is 3.01. The molecule has 2 heterocycles. The number of β-amino-alcohol motifs (C(OH)–C–C–N with tert-alkyl or cyclic N) is 1. The molecule has 1 saturated heterocycles. The molecule has 7 heteroatoms. The molecule has 0 unspecified atom stereocenters. The van der Waals surface area contributed by atoms with Gasteiger partial charge in [0.15, 0.2) is 11.0 Å². The summed E-state index contributed by atoms with van der Waals surface area (Å²) in [5, 5.41) is 9.26. The monoisotopic (exact) mass is 271 g/mol. The van der Waals surface area contributed by atoms with Gasteiger partial charge in [-0.2, -0.15) is 0 Å². The zero-order valence-electron chi connectivity index (χ0n) is 10.2. The van der Waals surface area contributed by atoms with Gasteiger partial charge in [-0.1, -0.05) is 11.6 Å². The summed E-state index contributed by atoms with van der Waals surface area (Å²) in [5.74, 6) is 0.709. The van der Waals surface area contributed by atoms with Crippen LogP contribution in [0.4, 0.5) is 11.5 Å². The number of halogens is 1. The number of aliphatic hydroxyl groups is 1. The first-order chi connectivity index (χ1) is 8.72. The normalized spacial score (nSPS) is 17.8. The molecular formula is C11H18ClN5O. The average Bonchev–Trinajstić information content (AvgIpc) is 2.59. The Kier molecular flexibility index (Phi) is 4.57. The number of nitrogen functional groups attached to an aromatic ring is 1. The van der Waals surface area contributed by atoms with Crippen LogP contribution >= 0.6 is 11.6 Å². The Bertz CT molecular complexity index is 403. The topological polar surface area (TPSA) is 78.5 Å². The molecule has 0 radical (unpaired) electrons. The minimum absolute atomic E-state index is 0.196.